The largest absolute Gasteiger partial charge is 0.244 e. The monoisotopic (exact) mass is 223 g/mol. The van der Waals surface area contributed by atoms with E-state index in [1.165, 1.54) is 6.33 Å². The molecule has 7 heteroatoms. The van der Waals surface area contributed by atoms with Crippen molar-refractivity contribution in [3.05, 3.63) is 31.0 Å². The van der Waals surface area contributed by atoms with Crippen molar-refractivity contribution in [2.24, 2.45) is 0 Å². The van der Waals surface area contributed by atoms with E-state index >= 15 is 0 Å². The summed E-state index contributed by atoms with van der Waals surface area (Å²) in [5.41, 5.74) is 2.00. The Morgan fingerprint density at radius 2 is 2.06 bits per heavy atom. The van der Waals surface area contributed by atoms with Gasteiger partial charge < -0.3 is 0 Å². The highest BCUT2D eigenvalue weighted by Crippen LogP contribution is 2.18. The van der Waals surface area contributed by atoms with Crippen molar-refractivity contribution >= 4 is 27.7 Å². The van der Waals surface area contributed by atoms with Crippen LogP contribution in [0, 0.1) is 0 Å². The van der Waals surface area contributed by atoms with E-state index in [-0.39, 0.29) is 0 Å². The van der Waals surface area contributed by atoms with Crippen LogP contribution in [0.25, 0.3) is 27.7 Å². The van der Waals surface area contributed by atoms with Gasteiger partial charge in [-0.2, -0.15) is 9.61 Å². The fraction of sp³-hybridized carbons (Fsp3) is 0. The van der Waals surface area contributed by atoms with Gasteiger partial charge in [0.05, 0.1) is 17.0 Å². The molecule has 0 bridgehead atoms. The highest BCUT2D eigenvalue weighted by molar-refractivity contribution is 5.92. The molecule has 0 aliphatic heterocycles. The summed E-state index contributed by atoms with van der Waals surface area (Å²) >= 11 is 0. The molecule has 0 aliphatic rings. The molecule has 0 saturated carbocycles. The van der Waals surface area contributed by atoms with Crippen molar-refractivity contribution in [3.8, 4) is 0 Å². The molecule has 4 heterocycles. The maximum Gasteiger partial charge on any atom is 0.205 e. The first-order valence-electron chi connectivity index (χ1n) is 4.98. The van der Waals surface area contributed by atoms with Crippen LogP contribution >= 0.6 is 0 Å². The number of aromatic nitrogens is 7. The Morgan fingerprint density at radius 3 is 3.06 bits per heavy atom. The minimum absolute atomic E-state index is 0.561. The van der Waals surface area contributed by atoms with E-state index in [0.29, 0.717) is 11.3 Å². The second kappa shape index (κ2) is 2.91. The van der Waals surface area contributed by atoms with Crippen LogP contribution in [-0.2, 0) is 0 Å². The maximum absolute atomic E-state index is 4.35. The van der Waals surface area contributed by atoms with Crippen molar-refractivity contribution in [2.75, 3.05) is 0 Å². The lowest BCUT2D eigenvalue weighted by Crippen LogP contribution is -1.95. The van der Waals surface area contributed by atoms with Crippen LogP contribution in [0.3, 0.4) is 0 Å². The molecule has 0 saturated heterocycles. The van der Waals surface area contributed by atoms with Gasteiger partial charge >= 0.3 is 0 Å². The zero-order valence-electron chi connectivity index (χ0n) is 8.52. The van der Waals surface area contributed by atoms with Gasteiger partial charge in [-0.25, -0.2) is 15.0 Å². The summed E-state index contributed by atoms with van der Waals surface area (Å²) in [5, 5.41) is 13.8. The summed E-state index contributed by atoms with van der Waals surface area (Å²) < 4.78 is 1.66. The molecule has 0 aliphatic carbocycles. The molecule has 7 nitrogen and oxygen atoms in total. The van der Waals surface area contributed by atoms with E-state index in [2.05, 4.69) is 30.2 Å². The number of rotatable bonds is 0. The topological polar surface area (TPSA) is 81.8 Å². The highest BCUT2D eigenvalue weighted by atomic mass is 15.3. The molecule has 0 amide bonds. The molecule has 0 aromatic carbocycles. The second-order valence-corrected chi connectivity index (χ2v) is 3.56. The molecule has 4 rings (SSSR count). The van der Waals surface area contributed by atoms with Crippen LogP contribution in [0.15, 0.2) is 31.0 Å². The van der Waals surface area contributed by atoms with Crippen LogP contribution in [0.4, 0.5) is 0 Å². The lowest BCUT2D eigenvalue weighted by molar-refractivity contribution is 0.947. The lowest BCUT2D eigenvalue weighted by Gasteiger charge is -1.97. The molecule has 0 spiro atoms. The number of fused-ring (bicyclic) bond motifs is 5. The summed E-state index contributed by atoms with van der Waals surface area (Å²) in [6.07, 6.45) is 6.54. The van der Waals surface area contributed by atoms with Gasteiger partial charge in [-0.3, -0.25) is 0 Å². The third-order valence-corrected chi connectivity index (χ3v) is 2.58. The zero-order valence-corrected chi connectivity index (χ0v) is 8.52. The van der Waals surface area contributed by atoms with Crippen LogP contribution < -0.4 is 0 Å². The second-order valence-electron chi connectivity index (χ2n) is 3.56. The standard InChI is InChI=1S/C10H5N7/c1-2-14-15-8-7(1)10-12-4-6-3-11-5-13-9(6)17(10)16-8/h1-5H. The molecule has 17 heavy (non-hydrogen) atoms. The average molecular weight is 223 g/mol. The fourth-order valence-corrected chi connectivity index (χ4v) is 1.83. The van der Waals surface area contributed by atoms with Crippen molar-refractivity contribution in [3.63, 3.8) is 0 Å². The Labute approximate surface area is 94.2 Å². The summed E-state index contributed by atoms with van der Waals surface area (Å²) in [5.74, 6) is 0. The SMILES string of the molecule is c1cc2c(nn1)nn1c3ncncc3cnc21. The first-order chi connectivity index (χ1) is 8.43. The number of hydrogen-bond acceptors (Lipinski definition) is 6. The fourth-order valence-electron chi connectivity index (χ4n) is 1.83. The molecule has 0 N–H and O–H groups in total. The third kappa shape index (κ3) is 1.05. The Morgan fingerprint density at radius 1 is 1.06 bits per heavy atom. The van der Waals surface area contributed by atoms with Gasteiger partial charge in [-0.15, -0.1) is 10.2 Å². The molecule has 80 valence electrons. The van der Waals surface area contributed by atoms with E-state index in [1.54, 1.807) is 23.1 Å². The summed E-state index contributed by atoms with van der Waals surface area (Å²) in [6, 6.07) is 1.84. The van der Waals surface area contributed by atoms with Gasteiger partial charge in [0.2, 0.25) is 5.65 Å². The average Bonchev–Trinajstić information content (AvgIpc) is 2.78. The molecule has 0 atom stereocenters. The van der Waals surface area contributed by atoms with Crippen LogP contribution in [0.1, 0.15) is 0 Å². The van der Waals surface area contributed by atoms with E-state index in [9.17, 15) is 0 Å². The van der Waals surface area contributed by atoms with Crippen LogP contribution in [0.2, 0.25) is 0 Å². The first-order valence-corrected chi connectivity index (χ1v) is 4.98. The van der Waals surface area contributed by atoms with Gasteiger partial charge in [0.25, 0.3) is 0 Å². The lowest BCUT2D eigenvalue weighted by atomic mass is 10.3. The smallest absolute Gasteiger partial charge is 0.205 e. The minimum atomic E-state index is 0.561. The Bertz CT molecular complexity index is 851. The molecule has 4 aromatic heterocycles. The van der Waals surface area contributed by atoms with E-state index in [1.807, 2.05) is 6.07 Å². The van der Waals surface area contributed by atoms with E-state index < -0.39 is 0 Å². The van der Waals surface area contributed by atoms with Crippen molar-refractivity contribution in [1.29, 1.82) is 0 Å². The predicted octanol–water partition coefficient (Wildman–Crippen LogP) is 0.616. The molecular weight excluding hydrogens is 218 g/mol. The molecule has 0 radical (unpaired) electrons. The third-order valence-electron chi connectivity index (χ3n) is 2.58. The predicted molar refractivity (Wildman–Crippen MR) is 59.2 cm³/mol. The van der Waals surface area contributed by atoms with Crippen LogP contribution in [-0.4, -0.2) is 34.8 Å². The Kier molecular flexibility index (Phi) is 1.45. The zero-order chi connectivity index (χ0) is 11.2. The van der Waals surface area contributed by atoms with Gasteiger partial charge in [-0.1, -0.05) is 0 Å². The van der Waals surface area contributed by atoms with Crippen molar-refractivity contribution < 1.29 is 0 Å². The first kappa shape index (κ1) is 8.45. The highest BCUT2D eigenvalue weighted by Gasteiger charge is 2.10. The maximum atomic E-state index is 4.35. The van der Waals surface area contributed by atoms with Gasteiger partial charge in [0.15, 0.2) is 11.3 Å². The number of nitrogens with zero attached hydrogens (tertiary/aromatic N) is 7. The summed E-state index contributed by atoms with van der Waals surface area (Å²) in [6.45, 7) is 0. The van der Waals surface area contributed by atoms with E-state index in [0.717, 1.165) is 16.4 Å². The normalized spacial score (nSPS) is 11.5. The van der Waals surface area contributed by atoms with Gasteiger partial charge in [0.1, 0.15) is 6.33 Å². The van der Waals surface area contributed by atoms with Crippen LogP contribution in [0.5, 0.6) is 0 Å². The quantitative estimate of drug-likeness (QED) is 0.434. The Hall–Kier alpha value is -2.70. The molecule has 0 unspecified atom stereocenters. The van der Waals surface area contributed by atoms with Crippen molar-refractivity contribution in [2.45, 2.75) is 0 Å². The molecule has 0 fully saturated rings. The minimum Gasteiger partial charge on any atom is -0.244 e. The summed E-state index contributed by atoms with van der Waals surface area (Å²) in [7, 11) is 0. The summed E-state index contributed by atoms with van der Waals surface area (Å²) in [4.78, 5) is 12.5. The number of hydrogen-bond donors (Lipinski definition) is 0. The molecular formula is C10H5N7. The van der Waals surface area contributed by atoms with Gasteiger partial charge in [0, 0.05) is 12.4 Å². The van der Waals surface area contributed by atoms with Crippen molar-refractivity contribution in [1.82, 2.24) is 34.8 Å². The van der Waals surface area contributed by atoms with E-state index in [4.69, 9.17) is 0 Å². The molecule has 4 aromatic rings. The Balaban J connectivity index is 2.34. The van der Waals surface area contributed by atoms with Gasteiger partial charge in [-0.05, 0) is 6.07 Å².